The Hall–Kier alpha value is -3.20. The van der Waals surface area contributed by atoms with Gasteiger partial charge in [0.05, 0.1) is 22.5 Å². The summed E-state index contributed by atoms with van der Waals surface area (Å²) in [7, 11) is 0. The van der Waals surface area contributed by atoms with Crippen molar-refractivity contribution in [2.75, 3.05) is 18.0 Å². The van der Waals surface area contributed by atoms with Crippen molar-refractivity contribution in [3.8, 4) is 11.3 Å². The molecule has 0 amide bonds. The minimum absolute atomic E-state index is 0. The molecule has 1 saturated heterocycles. The molecule has 1 aliphatic heterocycles. The fourth-order valence-electron chi connectivity index (χ4n) is 3.74. The minimum Gasteiger partial charge on any atom is -1.00 e. The number of fused-ring (bicyclic) bond motifs is 1. The number of anilines is 1. The molecule has 144 valence electrons. The Kier molecular flexibility index (Phi) is 5.54. The average Bonchev–Trinajstić information content (AvgIpc) is 2.73. The van der Waals surface area contributed by atoms with Gasteiger partial charge in [0, 0.05) is 42.4 Å². The van der Waals surface area contributed by atoms with Crippen molar-refractivity contribution in [3.05, 3.63) is 84.3 Å². The first-order chi connectivity index (χ1) is 14.2. The number of hydrogen-bond acceptors (Lipinski definition) is 5. The first kappa shape index (κ1) is 20.1. The predicted molar refractivity (Wildman–Crippen MR) is 112 cm³/mol. The number of benzene rings is 2. The van der Waals surface area contributed by atoms with E-state index in [2.05, 4.69) is 27.0 Å². The van der Waals surface area contributed by atoms with E-state index in [1.165, 1.54) is 0 Å². The normalized spacial score (nSPS) is 13.5. The monoisotopic (exact) mass is 390 g/mol. The Morgan fingerprint density at radius 1 is 1.00 bits per heavy atom. The van der Waals surface area contributed by atoms with Crippen molar-refractivity contribution in [1.29, 1.82) is 0 Å². The Morgan fingerprint density at radius 2 is 1.80 bits per heavy atom. The fourth-order valence-corrected chi connectivity index (χ4v) is 3.74. The van der Waals surface area contributed by atoms with Crippen molar-refractivity contribution < 1.29 is 30.2 Å². The van der Waals surface area contributed by atoms with E-state index in [9.17, 15) is 9.90 Å². The number of aromatic nitrogens is 3. The largest absolute Gasteiger partial charge is 1.00 e. The molecule has 30 heavy (non-hydrogen) atoms. The summed E-state index contributed by atoms with van der Waals surface area (Å²) in [5.41, 5.74) is 3.64. The third-order valence-corrected chi connectivity index (χ3v) is 5.29. The SMILES string of the molecule is O=C(O)c1cccc(-c2nccnc2C2CN(c3ccc4ccccc4n3)C2)c1.[H-].[Li+]. The topological polar surface area (TPSA) is 79.2 Å². The summed E-state index contributed by atoms with van der Waals surface area (Å²) in [6.45, 7) is 1.60. The second-order valence-electron chi connectivity index (χ2n) is 7.14. The molecule has 0 unspecified atom stereocenters. The van der Waals surface area contributed by atoms with E-state index >= 15 is 0 Å². The molecule has 3 heterocycles. The maximum absolute atomic E-state index is 11.3. The van der Waals surface area contributed by atoms with Gasteiger partial charge in [-0.3, -0.25) is 9.97 Å². The summed E-state index contributed by atoms with van der Waals surface area (Å²) < 4.78 is 0. The summed E-state index contributed by atoms with van der Waals surface area (Å²) in [6, 6.07) is 19.1. The van der Waals surface area contributed by atoms with Crippen LogP contribution in [0, 0.1) is 0 Å². The molecule has 1 aliphatic rings. The summed E-state index contributed by atoms with van der Waals surface area (Å²) in [5.74, 6) is 0.230. The second-order valence-corrected chi connectivity index (χ2v) is 7.14. The van der Waals surface area contributed by atoms with Gasteiger partial charge >= 0.3 is 24.8 Å². The zero-order valence-corrected chi connectivity index (χ0v) is 16.6. The van der Waals surface area contributed by atoms with Crippen LogP contribution in [0.5, 0.6) is 0 Å². The molecule has 0 saturated carbocycles. The van der Waals surface area contributed by atoms with Crippen molar-refractivity contribution in [1.82, 2.24) is 15.0 Å². The summed E-state index contributed by atoms with van der Waals surface area (Å²) in [5, 5.41) is 10.4. The Morgan fingerprint density at radius 3 is 2.63 bits per heavy atom. The number of carbonyl (C=O) groups is 1. The van der Waals surface area contributed by atoms with E-state index in [0.717, 1.165) is 46.8 Å². The summed E-state index contributed by atoms with van der Waals surface area (Å²) in [6.07, 6.45) is 3.34. The van der Waals surface area contributed by atoms with E-state index in [-0.39, 0.29) is 31.8 Å². The maximum atomic E-state index is 11.3. The van der Waals surface area contributed by atoms with Gasteiger partial charge in [0.15, 0.2) is 0 Å². The quantitative estimate of drug-likeness (QED) is 0.526. The number of carboxylic acid groups (broad SMARTS) is 1. The van der Waals surface area contributed by atoms with Gasteiger partial charge in [0.25, 0.3) is 0 Å². The fraction of sp³-hybridized carbons (Fsp3) is 0.130. The van der Waals surface area contributed by atoms with Crippen LogP contribution >= 0.6 is 0 Å². The van der Waals surface area contributed by atoms with Gasteiger partial charge in [-0.05, 0) is 30.3 Å². The molecule has 1 fully saturated rings. The Labute approximate surface area is 187 Å². The summed E-state index contributed by atoms with van der Waals surface area (Å²) in [4.78, 5) is 27.4. The zero-order chi connectivity index (χ0) is 19.8. The molecule has 0 spiro atoms. The Balaban J connectivity index is 0.00000136. The van der Waals surface area contributed by atoms with Gasteiger partial charge in [-0.1, -0.05) is 30.3 Å². The molecule has 2 aromatic heterocycles. The second kappa shape index (κ2) is 8.27. The molecule has 5 rings (SSSR count). The smallest absolute Gasteiger partial charge is 1.00 e. The van der Waals surface area contributed by atoms with Gasteiger partial charge in [0.2, 0.25) is 0 Å². The van der Waals surface area contributed by atoms with Gasteiger partial charge < -0.3 is 11.4 Å². The van der Waals surface area contributed by atoms with Crippen molar-refractivity contribution in [2.24, 2.45) is 0 Å². The molecule has 6 nitrogen and oxygen atoms in total. The molecule has 0 atom stereocenters. The number of carboxylic acids is 1. The zero-order valence-electron chi connectivity index (χ0n) is 17.6. The third-order valence-electron chi connectivity index (χ3n) is 5.29. The van der Waals surface area contributed by atoms with Gasteiger partial charge in [0.1, 0.15) is 5.82 Å². The molecule has 1 N–H and O–H groups in total. The molecule has 0 bridgehead atoms. The molecule has 4 aromatic rings. The van der Waals surface area contributed by atoms with Gasteiger partial charge in [-0.2, -0.15) is 0 Å². The van der Waals surface area contributed by atoms with Gasteiger partial charge in [-0.25, -0.2) is 9.78 Å². The number of rotatable bonds is 4. The van der Waals surface area contributed by atoms with E-state index in [1.54, 1.807) is 30.6 Å². The van der Waals surface area contributed by atoms with Crippen molar-refractivity contribution in [2.45, 2.75) is 5.92 Å². The first-order valence-corrected chi connectivity index (χ1v) is 9.44. The standard InChI is InChI=1S/C23H18N4O2.Li.H/c28-23(29)17-6-3-5-16(12-17)21-22(25-11-10-24-21)18-13-27(14-18)20-9-8-15-4-1-2-7-19(15)26-20;;/h1-12,18H,13-14H2,(H,28,29);;/q;+1;-1. The van der Waals surface area contributed by atoms with Crippen molar-refractivity contribution in [3.63, 3.8) is 0 Å². The molecule has 7 heteroatoms. The number of aromatic carboxylic acids is 1. The van der Waals surface area contributed by atoms with Crippen LogP contribution in [0.4, 0.5) is 5.82 Å². The van der Waals surface area contributed by atoms with Crippen LogP contribution in [0.2, 0.25) is 0 Å². The number of pyridine rings is 1. The predicted octanol–water partition coefficient (Wildman–Crippen LogP) is 1.11. The van der Waals surface area contributed by atoms with Crippen LogP contribution in [0.3, 0.4) is 0 Å². The van der Waals surface area contributed by atoms with Crippen LogP contribution in [0.1, 0.15) is 23.4 Å². The molecule has 0 aliphatic carbocycles. The number of nitrogens with zero attached hydrogens (tertiary/aromatic N) is 4. The van der Waals surface area contributed by atoms with Crippen LogP contribution < -0.4 is 23.8 Å². The van der Waals surface area contributed by atoms with Crippen LogP contribution in [-0.2, 0) is 0 Å². The minimum atomic E-state index is -0.950. The average molecular weight is 390 g/mol. The van der Waals surface area contributed by atoms with Crippen LogP contribution in [0.15, 0.2) is 73.1 Å². The molecular weight excluding hydrogens is 371 g/mol. The molecule has 0 radical (unpaired) electrons. The Bertz CT molecular complexity index is 1230. The number of para-hydroxylation sites is 1. The van der Waals surface area contributed by atoms with E-state index < -0.39 is 5.97 Å². The van der Waals surface area contributed by atoms with E-state index in [4.69, 9.17) is 4.98 Å². The van der Waals surface area contributed by atoms with E-state index in [1.807, 2.05) is 30.3 Å². The molecular formula is C23H19LiN4O2. The van der Waals surface area contributed by atoms with Crippen molar-refractivity contribution >= 4 is 22.7 Å². The van der Waals surface area contributed by atoms with Crippen LogP contribution in [-0.4, -0.2) is 39.1 Å². The number of hydrogen-bond donors (Lipinski definition) is 1. The molecule has 2 aromatic carbocycles. The first-order valence-electron chi connectivity index (χ1n) is 9.44. The van der Waals surface area contributed by atoms with Gasteiger partial charge in [-0.15, -0.1) is 0 Å². The van der Waals surface area contributed by atoms with Crippen LogP contribution in [0.25, 0.3) is 22.2 Å². The van der Waals surface area contributed by atoms with E-state index in [0.29, 0.717) is 0 Å². The third kappa shape index (κ3) is 3.68. The maximum Gasteiger partial charge on any atom is 1.00 e. The summed E-state index contributed by atoms with van der Waals surface area (Å²) >= 11 is 0.